The van der Waals surface area contributed by atoms with Crippen LogP contribution < -0.4 is 34.5 Å². The van der Waals surface area contributed by atoms with Gasteiger partial charge in [-0.2, -0.15) is 0 Å². The Morgan fingerprint density at radius 2 is 1.30 bits per heavy atom. The van der Waals surface area contributed by atoms with E-state index < -0.39 is 5.91 Å². The van der Waals surface area contributed by atoms with Crippen LogP contribution in [0, 0.1) is 0 Å². The van der Waals surface area contributed by atoms with Crippen LogP contribution in [0.15, 0.2) is 30.3 Å². The molecule has 2 amide bonds. The van der Waals surface area contributed by atoms with Gasteiger partial charge in [-0.05, 0) is 36.2 Å². The molecule has 0 aromatic heterocycles. The van der Waals surface area contributed by atoms with Gasteiger partial charge in [-0.25, -0.2) is 0 Å². The summed E-state index contributed by atoms with van der Waals surface area (Å²) >= 11 is 0. The second kappa shape index (κ2) is 10.8. The fraction of sp³-hybridized carbons (Fsp3) is 0.333. The van der Waals surface area contributed by atoms with Crippen molar-refractivity contribution >= 4 is 11.8 Å². The van der Waals surface area contributed by atoms with Gasteiger partial charge in [0, 0.05) is 18.1 Å². The molecule has 0 bridgehead atoms. The summed E-state index contributed by atoms with van der Waals surface area (Å²) in [4.78, 5) is 24.6. The molecule has 2 N–H and O–H groups in total. The molecule has 0 heterocycles. The molecule has 0 aliphatic rings. The molecule has 30 heavy (non-hydrogen) atoms. The topological polar surface area (TPSA) is 104 Å². The molecule has 0 atom stereocenters. The summed E-state index contributed by atoms with van der Waals surface area (Å²) in [5, 5.41) is 0. The fourth-order valence-corrected chi connectivity index (χ4v) is 2.74. The van der Waals surface area contributed by atoms with E-state index in [1.165, 1.54) is 33.5 Å². The molecule has 2 rings (SSSR count). The molecule has 0 radical (unpaired) electrons. The lowest BCUT2D eigenvalue weighted by Crippen LogP contribution is -2.41. The van der Waals surface area contributed by atoms with Gasteiger partial charge in [-0.1, -0.05) is 0 Å². The molecule has 162 valence electrons. The van der Waals surface area contributed by atoms with Crippen molar-refractivity contribution in [2.24, 2.45) is 0 Å². The standard InChI is InChI=1S/C21H26N2O7/c1-26-15-8-13(9-16(12-15)27-2)6-7-19(24)22-23-21(25)14-10-17(28-3)20(30-5)18(11-14)29-4/h8-12H,6-7H2,1-5H3,(H,22,24)(H,23,25). The molecule has 2 aromatic rings. The summed E-state index contributed by atoms with van der Waals surface area (Å²) in [6.07, 6.45) is 0.602. The van der Waals surface area contributed by atoms with Crippen molar-refractivity contribution in [3.63, 3.8) is 0 Å². The highest BCUT2D eigenvalue weighted by Crippen LogP contribution is 2.38. The monoisotopic (exact) mass is 418 g/mol. The first-order chi connectivity index (χ1) is 14.4. The SMILES string of the molecule is COc1cc(CCC(=O)NNC(=O)c2cc(OC)c(OC)c(OC)c2)cc(OC)c1. The average Bonchev–Trinajstić information content (AvgIpc) is 2.79. The van der Waals surface area contributed by atoms with E-state index in [4.69, 9.17) is 23.7 Å². The van der Waals surface area contributed by atoms with Crippen LogP contribution in [0.4, 0.5) is 0 Å². The lowest BCUT2D eigenvalue weighted by Gasteiger charge is -2.14. The summed E-state index contributed by atoms with van der Waals surface area (Å²) < 4.78 is 26.1. The zero-order chi connectivity index (χ0) is 22.1. The van der Waals surface area contributed by atoms with Crippen molar-refractivity contribution in [1.29, 1.82) is 0 Å². The molecule has 0 aliphatic carbocycles. The summed E-state index contributed by atoms with van der Waals surface area (Å²) in [5.41, 5.74) is 5.89. The van der Waals surface area contributed by atoms with Gasteiger partial charge < -0.3 is 23.7 Å². The molecule has 0 saturated heterocycles. The number of amides is 2. The van der Waals surface area contributed by atoms with Crippen molar-refractivity contribution in [1.82, 2.24) is 10.9 Å². The number of rotatable bonds is 9. The number of hydrogen-bond donors (Lipinski definition) is 2. The van der Waals surface area contributed by atoms with Crippen LogP contribution in [0.2, 0.25) is 0 Å². The Labute approximate surface area is 175 Å². The van der Waals surface area contributed by atoms with Crippen molar-refractivity contribution in [3.8, 4) is 28.7 Å². The predicted octanol–water partition coefficient (Wildman–Crippen LogP) is 2.12. The normalized spacial score (nSPS) is 10.0. The summed E-state index contributed by atoms with van der Waals surface area (Å²) in [6, 6.07) is 8.38. The van der Waals surface area contributed by atoms with Crippen molar-refractivity contribution in [2.45, 2.75) is 12.8 Å². The number of methoxy groups -OCH3 is 5. The van der Waals surface area contributed by atoms with Crippen LogP contribution in [0.25, 0.3) is 0 Å². The van der Waals surface area contributed by atoms with Crippen LogP contribution >= 0.6 is 0 Å². The minimum atomic E-state index is -0.523. The molecule has 0 unspecified atom stereocenters. The van der Waals surface area contributed by atoms with E-state index in [-0.39, 0.29) is 17.9 Å². The predicted molar refractivity (Wildman–Crippen MR) is 110 cm³/mol. The first-order valence-corrected chi connectivity index (χ1v) is 9.06. The number of aryl methyl sites for hydroxylation is 1. The summed E-state index contributed by atoms with van der Waals surface area (Å²) in [6.45, 7) is 0. The van der Waals surface area contributed by atoms with Gasteiger partial charge in [0.1, 0.15) is 11.5 Å². The molecule has 0 aliphatic heterocycles. The van der Waals surface area contributed by atoms with Crippen LogP contribution in [0.5, 0.6) is 28.7 Å². The van der Waals surface area contributed by atoms with E-state index in [0.717, 1.165) is 5.56 Å². The zero-order valence-corrected chi connectivity index (χ0v) is 17.7. The smallest absolute Gasteiger partial charge is 0.269 e. The van der Waals surface area contributed by atoms with Gasteiger partial charge in [0.15, 0.2) is 11.5 Å². The maximum absolute atomic E-state index is 12.4. The number of nitrogens with one attached hydrogen (secondary N) is 2. The van der Waals surface area contributed by atoms with Crippen LogP contribution in [0.1, 0.15) is 22.3 Å². The van der Waals surface area contributed by atoms with E-state index in [1.807, 2.05) is 12.1 Å². The van der Waals surface area contributed by atoms with Gasteiger partial charge in [-0.15, -0.1) is 0 Å². The number of carbonyl (C=O) groups excluding carboxylic acids is 2. The van der Waals surface area contributed by atoms with Gasteiger partial charge in [0.05, 0.1) is 35.5 Å². The Kier molecular flexibility index (Phi) is 8.16. The highest BCUT2D eigenvalue weighted by atomic mass is 16.5. The first kappa shape index (κ1) is 22.7. The molecule has 0 fully saturated rings. The third-order valence-electron chi connectivity index (χ3n) is 4.29. The largest absolute Gasteiger partial charge is 0.497 e. The number of benzene rings is 2. The molecule has 2 aromatic carbocycles. The molecule has 9 nitrogen and oxygen atoms in total. The Balaban J connectivity index is 1.97. The van der Waals surface area contributed by atoms with Crippen LogP contribution in [-0.2, 0) is 11.2 Å². The van der Waals surface area contributed by atoms with E-state index in [0.29, 0.717) is 35.2 Å². The second-order valence-corrected chi connectivity index (χ2v) is 6.14. The van der Waals surface area contributed by atoms with E-state index in [2.05, 4.69) is 10.9 Å². The minimum absolute atomic E-state index is 0.159. The lowest BCUT2D eigenvalue weighted by molar-refractivity contribution is -0.121. The maximum Gasteiger partial charge on any atom is 0.269 e. The van der Waals surface area contributed by atoms with E-state index in [9.17, 15) is 9.59 Å². The Hall–Kier alpha value is -3.62. The Morgan fingerprint density at radius 1 is 0.733 bits per heavy atom. The summed E-state index contributed by atoms with van der Waals surface area (Å²) in [7, 11) is 7.49. The molecular weight excluding hydrogens is 392 g/mol. The number of ether oxygens (including phenoxy) is 5. The lowest BCUT2D eigenvalue weighted by atomic mass is 10.1. The minimum Gasteiger partial charge on any atom is -0.497 e. The number of hydrogen-bond acceptors (Lipinski definition) is 7. The highest BCUT2D eigenvalue weighted by molar-refractivity contribution is 5.96. The highest BCUT2D eigenvalue weighted by Gasteiger charge is 2.17. The number of carbonyl (C=O) groups is 2. The van der Waals surface area contributed by atoms with Crippen molar-refractivity contribution in [3.05, 3.63) is 41.5 Å². The van der Waals surface area contributed by atoms with Gasteiger partial charge in [-0.3, -0.25) is 20.4 Å². The molecular formula is C21H26N2O7. The quantitative estimate of drug-likeness (QED) is 0.601. The Morgan fingerprint density at radius 3 is 1.77 bits per heavy atom. The third-order valence-corrected chi connectivity index (χ3v) is 4.29. The molecule has 0 spiro atoms. The van der Waals surface area contributed by atoms with Crippen LogP contribution in [-0.4, -0.2) is 47.4 Å². The molecule has 0 saturated carbocycles. The fourth-order valence-electron chi connectivity index (χ4n) is 2.74. The first-order valence-electron chi connectivity index (χ1n) is 9.06. The van der Waals surface area contributed by atoms with Crippen LogP contribution in [0.3, 0.4) is 0 Å². The maximum atomic E-state index is 12.4. The second-order valence-electron chi connectivity index (χ2n) is 6.14. The van der Waals surface area contributed by atoms with Crippen molar-refractivity contribution in [2.75, 3.05) is 35.5 Å². The Bertz CT molecular complexity index is 852. The third kappa shape index (κ3) is 5.69. The van der Waals surface area contributed by atoms with Gasteiger partial charge in [0.25, 0.3) is 5.91 Å². The zero-order valence-electron chi connectivity index (χ0n) is 17.7. The van der Waals surface area contributed by atoms with Gasteiger partial charge in [0.2, 0.25) is 11.7 Å². The van der Waals surface area contributed by atoms with Gasteiger partial charge >= 0.3 is 0 Å². The van der Waals surface area contributed by atoms with E-state index in [1.54, 1.807) is 20.3 Å². The van der Waals surface area contributed by atoms with Crippen molar-refractivity contribution < 1.29 is 33.3 Å². The average molecular weight is 418 g/mol. The summed E-state index contributed by atoms with van der Waals surface area (Å²) in [5.74, 6) is 1.44. The van der Waals surface area contributed by atoms with E-state index >= 15 is 0 Å². The number of hydrazine groups is 1. The molecule has 9 heteroatoms.